The molecule has 0 bridgehead atoms. The maximum Gasteiger partial charge on any atom is 0.408 e. The number of para-hydroxylation sites is 1. The third-order valence-electron chi connectivity index (χ3n) is 6.72. The van der Waals surface area contributed by atoms with Crippen LogP contribution < -0.4 is 10.6 Å². The highest BCUT2D eigenvalue weighted by Crippen LogP contribution is 2.42. The zero-order chi connectivity index (χ0) is 28.9. The number of carbonyl (C=O) groups excluding carboxylic acids is 3. The van der Waals surface area contributed by atoms with Crippen LogP contribution >= 0.6 is 0 Å². The smallest absolute Gasteiger partial charge is 0.408 e. The molecule has 0 aromatic heterocycles. The number of alkyl carbamates (subject to hydrolysis) is 1. The lowest BCUT2D eigenvalue weighted by Crippen LogP contribution is -2.54. The molecule has 0 radical (unpaired) electrons. The molecular weight excluding hydrogens is 490 g/mol. The summed E-state index contributed by atoms with van der Waals surface area (Å²) in [6.07, 6.45) is 6.32. The maximum atomic E-state index is 14.4. The third-order valence-corrected chi connectivity index (χ3v) is 6.72. The van der Waals surface area contributed by atoms with Gasteiger partial charge in [-0.05, 0) is 75.6 Å². The summed E-state index contributed by atoms with van der Waals surface area (Å²) in [4.78, 5) is 42.9. The minimum atomic E-state index is -0.991. The second-order valence-corrected chi connectivity index (χ2v) is 11.8. The van der Waals surface area contributed by atoms with Crippen LogP contribution in [0.2, 0.25) is 0 Å². The highest BCUT2D eigenvalue weighted by molar-refractivity contribution is 6.00. The lowest BCUT2D eigenvalue weighted by atomic mass is 9.95. The minimum absolute atomic E-state index is 0.101. The molecule has 3 rings (SSSR count). The standard InChI is InChI=1S/C32H41N3O4/c1-9-23-15-11-12-16-24(23)28(29(36)33-25-17-13-10-14-21(25)4)35(27-19-22(27)5)30(37)26(18-20(2)3)34-31(38)39-32(6,7)8/h1,10-17,20,22,26-28H,18-19H2,2-8H3,(H,33,36)(H,34,38). The molecule has 1 aliphatic carbocycles. The van der Waals surface area contributed by atoms with Gasteiger partial charge in [-0.3, -0.25) is 9.59 Å². The van der Waals surface area contributed by atoms with Crippen molar-refractivity contribution in [3.8, 4) is 12.3 Å². The number of benzene rings is 2. The van der Waals surface area contributed by atoms with Crippen LogP contribution in [0.1, 0.15) is 77.1 Å². The van der Waals surface area contributed by atoms with Gasteiger partial charge in [0.2, 0.25) is 5.91 Å². The number of aryl methyl sites for hydroxylation is 1. The first kappa shape index (κ1) is 29.8. The van der Waals surface area contributed by atoms with Crippen molar-refractivity contribution in [3.05, 3.63) is 65.2 Å². The van der Waals surface area contributed by atoms with Gasteiger partial charge in [0, 0.05) is 17.3 Å². The summed E-state index contributed by atoms with van der Waals surface area (Å²) in [6, 6.07) is 12.6. The molecule has 7 heteroatoms. The Hall–Kier alpha value is -3.79. The summed E-state index contributed by atoms with van der Waals surface area (Å²) in [7, 11) is 0. The normalized spacial score (nSPS) is 17.9. The molecule has 1 fully saturated rings. The van der Waals surface area contributed by atoms with Gasteiger partial charge in [-0.25, -0.2) is 4.79 Å². The zero-order valence-electron chi connectivity index (χ0n) is 24.1. The highest BCUT2D eigenvalue weighted by atomic mass is 16.6. The molecule has 1 saturated carbocycles. The van der Waals surface area contributed by atoms with Gasteiger partial charge >= 0.3 is 6.09 Å². The lowest BCUT2D eigenvalue weighted by molar-refractivity contribution is -0.142. The number of terminal acetylenes is 1. The Balaban J connectivity index is 2.08. The van der Waals surface area contributed by atoms with Gasteiger partial charge < -0.3 is 20.3 Å². The third kappa shape index (κ3) is 7.86. The van der Waals surface area contributed by atoms with Crippen LogP contribution in [0.25, 0.3) is 0 Å². The van der Waals surface area contributed by atoms with Crippen LogP contribution in [0.15, 0.2) is 48.5 Å². The van der Waals surface area contributed by atoms with Gasteiger partial charge in [0.1, 0.15) is 17.7 Å². The zero-order valence-corrected chi connectivity index (χ0v) is 24.1. The van der Waals surface area contributed by atoms with Crippen molar-refractivity contribution < 1.29 is 19.1 Å². The van der Waals surface area contributed by atoms with E-state index in [1.165, 1.54) is 0 Å². The number of carbonyl (C=O) groups is 3. The molecule has 2 aromatic carbocycles. The molecule has 7 nitrogen and oxygen atoms in total. The maximum absolute atomic E-state index is 14.4. The summed E-state index contributed by atoms with van der Waals surface area (Å²) in [6.45, 7) is 13.2. The molecule has 3 amide bonds. The van der Waals surface area contributed by atoms with Crippen LogP contribution in [0.5, 0.6) is 0 Å². The van der Waals surface area contributed by atoms with E-state index in [1.54, 1.807) is 37.8 Å². The summed E-state index contributed by atoms with van der Waals surface area (Å²) >= 11 is 0. The van der Waals surface area contributed by atoms with E-state index in [2.05, 4.69) is 16.6 Å². The van der Waals surface area contributed by atoms with E-state index < -0.39 is 23.8 Å². The van der Waals surface area contributed by atoms with Gasteiger partial charge in [-0.2, -0.15) is 0 Å². The van der Waals surface area contributed by atoms with Crippen molar-refractivity contribution in [2.75, 3.05) is 5.32 Å². The Labute approximate surface area is 232 Å². The molecule has 0 saturated heterocycles. The molecule has 39 heavy (non-hydrogen) atoms. The number of nitrogens with zero attached hydrogens (tertiary/aromatic N) is 1. The van der Waals surface area contributed by atoms with Gasteiger partial charge in [0.05, 0.1) is 0 Å². The first-order valence-electron chi connectivity index (χ1n) is 13.6. The van der Waals surface area contributed by atoms with Gasteiger partial charge in [0.15, 0.2) is 0 Å². The fourth-order valence-electron chi connectivity index (χ4n) is 4.69. The summed E-state index contributed by atoms with van der Waals surface area (Å²) in [5.41, 5.74) is 1.94. The van der Waals surface area contributed by atoms with E-state index in [1.807, 2.05) is 64.1 Å². The monoisotopic (exact) mass is 531 g/mol. The van der Waals surface area contributed by atoms with Crippen molar-refractivity contribution in [1.82, 2.24) is 10.2 Å². The summed E-state index contributed by atoms with van der Waals surface area (Å²) in [5.74, 6) is 2.29. The Morgan fingerprint density at radius 3 is 2.28 bits per heavy atom. The van der Waals surface area contributed by atoms with Gasteiger partial charge in [-0.1, -0.05) is 63.1 Å². The number of amides is 3. The van der Waals surface area contributed by atoms with Crippen molar-refractivity contribution in [3.63, 3.8) is 0 Å². The Kier molecular flexibility index (Phi) is 9.45. The van der Waals surface area contributed by atoms with Crippen LogP contribution in [0.3, 0.4) is 0 Å². The second kappa shape index (κ2) is 12.4. The SMILES string of the molecule is C#Cc1ccccc1C(C(=O)Nc1ccccc1C)N(C(=O)C(CC(C)C)NC(=O)OC(C)(C)C)C1CC1C. The van der Waals surface area contributed by atoms with Crippen LogP contribution in [0, 0.1) is 31.1 Å². The van der Waals surface area contributed by atoms with Gasteiger partial charge in [-0.15, -0.1) is 6.42 Å². The topological polar surface area (TPSA) is 87.7 Å². The molecule has 4 unspecified atom stereocenters. The van der Waals surface area contributed by atoms with E-state index in [9.17, 15) is 14.4 Å². The average Bonchev–Trinajstić information content (AvgIpc) is 3.57. The number of rotatable bonds is 9. The van der Waals surface area contributed by atoms with E-state index in [0.717, 1.165) is 12.0 Å². The number of anilines is 1. The van der Waals surface area contributed by atoms with Crippen molar-refractivity contribution in [1.29, 1.82) is 0 Å². The quantitative estimate of drug-likeness (QED) is 0.399. The number of hydrogen-bond acceptors (Lipinski definition) is 4. The Morgan fingerprint density at radius 1 is 1.10 bits per heavy atom. The first-order chi connectivity index (χ1) is 18.3. The molecule has 2 N–H and O–H groups in total. The molecule has 0 aliphatic heterocycles. The van der Waals surface area contributed by atoms with Crippen molar-refractivity contribution in [2.45, 2.75) is 85.0 Å². The van der Waals surface area contributed by atoms with Crippen molar-refractivity contribution >= 4 is 23.6 Å². The number of nitrogens with one attached hydrogen (secondary N) is 2. The highest BCUT2D eigenvalue weighted by Gasteiger charge is 2.48. The van der Waals surface area contributed by atoms with Crippen molar-refractivity contribution in [2.24, 2.45) is 11.8 Å². The molecule has 0 spiro atoms. The minimum Gasteiger partial charge on any atom is -0.444 e. The predicted octanol–water partition coefficient (Wildman–Crippen LogP) is 5.83. The Morgan fingerprint density at radius 2 is 1.72 bits per heavy atom. The molecule has 4 atom stereocenters. The molecular formula is C32H41N3O4. The number of hydrogen-bond donors (Lipinski definition) is 2. The van der Waals surface area contributed by atoms with E-state index >= 15 is 0 Å². The van der Waals surface area contributed by atoms with Gasteiger partial charge in [0.25, 0.3) is 5.91 Å². The van der Waals surface area contributed by atoms with Crippen LogP contribution in [-0.2, 0) is 14.3 Å². The lowest BCUT2D eigenvalue weighted by Gasteiger charge is -2.36. The van der Waals surface area contributed by atoms with Crippen LogP contribution in [0.4, 0.5) is 10.5 Å². The molecule has 1 aliphatic rings. The average molecular weight is 532 g/mol. The predicted molar refractivity (Wildman–Crippen MR) is 154 cm³/mol. The fourth-order valence-corrected chi connectivity index (χ4v) is 4.69. The summed E-state index contributed by atoms with van der Waals surface area (Å²) < 4.78 is 5.47. The van der Waals surface area contributed by atoms with E-state index in [0.29, 0.717) is 23.2 Å². The summed E-state index contributed by atoms with van der Waals surface area (Å²) in [5, 5.41) is 5.82. The first-order valence-corrected chi connectivity index (χ1v) is 13.6. The molecule has 0 heterocycles. The molecule has 208 valence electrons. The second-order valence-electron chi connectivity index (χ2n) is 11.8. The van der Waals surface area contributed by atoms with E-state index in [-0.39, 0.29) is 29.7 Å². The largest absolute Gasteiger partial charge is 0.444 e. The van der Waals surface area contributed by atoms with E-state index in [4.69, 9.17) is 11.2 Å². The fraction of sp³-hybridized carbons (Fsp3) is 0.469. The Bertz CT molecular complexity index is 1240. The number of ether oxygens (including phenoxy) is 1. The van der Waals surface area contributed by atoms with Crippen LogP contribution in [-0.4, -0.2) is 40.5 Å². The molecule has 2 aromatic rings.